The minimum atomic E-state index is -0.0992. The number of likely N-dealkylation sites (tertiary alicyclic amines) is 1. The van der Waals surface area contributed by atoms with E-state index < -0.39 is 0 Å². The Morgan fingerprint density at radius 3 is 2.75 bits per heavy atom. The summed E-state index contributed by atoms with van der Waals surface area (Å²) in [7, 11) is 0. The number of rotatable bonds is 4. The van der Waals surface area contributed by atoms with E-state index in [4.69, 9.17) is 17.3 Å². The number of nitrogens with two attached hydrogens (primary N) is 1. The molecule has 0 aliphatic carbocycles. The van der Waals surface area contributed by atoms with Crippen molar-refractivity contribution in [2.45, 2.75) is 32.2 Å². The fourth-order valence-electron chi connectivity index (χ4n) is 2.57. The van der Waals surface area contributed by atoms with Crippen LogP contribution in [-0.2, 0) is 0 Å². The van der Waals surface area contributed by atoms with Crippen LogP contribution in [0, 0.1) is 0 Å². The van der Waals surface area contributed by atoms with Gasteiger partial charge in [-0.25, -0.2) is 0 Å². The molecule has 0 aromatic heterocycles. The number of anilines is 1. The highest BCUT2D eigenvalue weighted by Gasteiger charge is 2.16. The lowest BCUT2D eigenvalue weighted by atomic mass is 10.1. The van der Waals surface area contributed by atoms with E-state index in [-0.39, 0.29) is 11.9 Å². The molecule has 20 heavy (non-hydrogen) atoms. The van der Waals surface area contributed by atoms with E-state index in [0.717, 1.165) is 19.6 Å². The molecule has 1 aliphatic rings. The molecule has 1 aromatic rings. The third-order valence-electron chi connectivity index (χ3n) is 3.62. The van der Waals surface area contributed by atoms with Crippen LogP contribution in [0.15, 0.2) is 18.2 Å². The molecule has 0 radical (unpaired) electrons. The summed E-state index contributed by atoms with van der Waals surface area (Å²) in [6.07, 6.45) is 3.84. The predicted octanol–water partition coefficient (Wildman–Crippen LogP) is 2.53. The maximum atomic E-state index is 12.1. The van der Waals surface area contributed by atoms with Crippen molar-refractivity contribution in [2.75, 3.05) is 25.4 Å². The molecule has 0 saturated carbocycles. The Labute approximate surface area is 125 Å². The van der Waals surface area contributed by atoms with Crippen LogP contribution in [0.2, 0.25) is 5.02 Å². The van der Waals surface area contributed by atoms with Crippen molar-refractivity contribution in [3.8, 4) is 0 Å². The Morgan fingerprint density at radius 2 is 2.10 bits per heavy atom. The van der Waals surface area contributed by atoms with Gasteiger partial charge in [0.2, 0.25) is 0 Å². The van der Waals surface area contributed by atoms with Crippen molar-refractivity contribution in [1.82, 2.24) is 10.2 Å². The number of benzene rings is 1. The van der Waals surface area contributed by atoms with E-state index in [9.17, 15) is 4.79 Å². The van der Waals surface area contributed by atoms with E-state index in [1.165, 1.54) is 19.3 Å². The lowest BCUT2D eigenvalue weighted by Crippen LogP contribution is -2.43. The third-order valence-corrected chi connectivity index (χ3v) is 3.96. The van der Waals surface area contributed by atoms with Crippen LogP contribution in [0.3, 0.4) is 0 Å². The first-order valence-corrected chi connectivity index (χ1v) is 7.52. The van der Waals surface area contributed by atoms with E-state index in [0.29, 0.717) is 16.3 Å². The van der Waals surface area contributed by atoms with Gasteiger partial charge < -0.3 is 16.0 Å². The molecule has 0 spiro atoms. The predicted molar refractivity (Wildman–Crippen MR) is 83.1 cm³/mol. The Morgan fingerprint density at radius 1 is 1.40 bits per heavy atom. The van der Waals surface area contributed by atoms with Gasteiger partial charge in [-0.05, 0) is 51.1 Å². The van der Waals surface area contributed by atoms with E-state index in [1.807, 2.05) is 6.92 Å². The number of hydrogen-bond donors (Lipinski definition) is 2. The summed E-state index contributed by atoms with van der Waals surface area (Å²) in [5, 5.41) is 3.49. The van der Waals surface area contributed by atoms with Gasteiger partial charge in [0, 0.05) is 18.2 Å². The maximum Gasteiger partial charge on any atom is 0.251 e. The molecule has 1 aliphatic heterocycles. The molecule has 3 N–H and O–H groups in total. The summed E-state index contributed by atoms with van der Waals surface area (Å²) >= 11 is 5.86. The highest BCUT2D eigenvalue weighted by molar-refractivity contribution is 6.33. The summed E-state index contributed by atoms with van der Waals surface area (Å²) in [5.74, 6) is -0.0992. The van der Waals surface area contributed by atoms with Gasteiger partial charge in [-0.2, -0.15) is 0 Å². The molecule has 1 saturated heterocycles. The van der Waals surface area contributed by atoms with E-state index in [2.05, 4.69) is 10.2 Å². The first-order valence-electron chi connectivity index (χ1n) is 7.14. The van der Waals surface area contributed by atoms with Crippen LogP contribution in [-0.4, -0.2) is 36.5 Å². The fraction of sp³-hybridized carbons (Fsp3) is 0.533. The molecule has 1 heterocycles. The molecule has 1 unspecified atom stereocenters. The number of hydrogen-bond acceptors (Lipinski definition) is 3. The molecular weight excluding hydrogens is 274 g/mol. The average Bonchev–Trinajstić information content (AvgIpc) is 2.42. The smallest absolute Gasteiger partial charge is 0.251 e. The SMILES string of the molecule is CC(CN1CCCCC1)NC(=O)c1ccc(Cl)c(N)c1. The molecule has 4 nitrogen and oxygen atoms in total. The van der Waals surface area contributed by atoms with Gasteiger partial charge in [0.05, 0.1) is 10.7 Å². The highest BCUT2D eigenvalue weighted by atomic mass is 35.5. The Balaban J connectivity index is 1.87. The second-order valence-electron chi connectivity index (χ2n) is 5.47. The van der Waals surface area contributed by atoms with Gasteiger partial charge in [0.15, 0.2) is 0 Å². The minimum absolute atomic E-state index is 0.0992. The number of piperidine rings is 1. The standard InChI is InChI=1S/C15H22ClN3O/c1-11(10-19-7-3-2-4-8-19)18-15(20)12-5-6-13(16)14(17)9-12/h5-6,9,11H,2-4,7-8,10,17H2,1H3,(H,18,20). The number of carbonyl (C=O) groups is 1. The Bertz CT molecular complexity index is 472. The number of nitrogens with zero attached hydrogens (tertiary/aromatic N) is 1. The van der Waals surface area contributed by atoms with Gasteiger partial charge in [0.1, 0.15) is 0 Å². The minimum Gasteiger partial charge on any atom is -0.398 e. The first-order chi connectivity index (χ1) is 9.56. The van der Waals surface area contributed by atoms with Gasteiger partial charge in [-0.1, -0.05) is 18.0 Å². The second kappa shape index (κ2) is 6.95. The number of halogens is 1. The first kappa shape index (κ1) is 15.1. The summed E-state index contributed by atoms with van der Waals surface area (Å²) < 4.78 is 0. The number of nitrogen functional groups attached to an aromatic ring is 1. The highest BCUT2D eigenvalue weighted by Crippen LogP contribution is 2.19. The van der Waals surface area contributed by atoms with Crippen molar-refractivity contribution < 1.29 is 4.79 Å². The average molecular weight is 296 g/mol. The van der Waals surface area contributed by atoms with Crippen LogP contribution >= 0.6 is 11.6 Å². The summed E-state index contributed by atoms with van der Waals surface area (Å²) in [5.41, 5.74) is 6.70. The van der Waals surface area contributed by atoms with E-state index >= 15 is 0 Å². The zero-order valence-electron chi connectivity index (χ0n) is 11.9. The largest absolute Gasteiger partial charge is 0.398 e. The van der Waals surface area contributed by atoms with E-state index in [1.54, 1.807) is 18.2 Å². The monoisotopic (exact) mass is 295 g/mol. The molecule has 1 amide bonds. The van der Waals surface area contributed by atoms with Crippen LogP contribution in [0.4, 0.5) is 5.69 Å². The summed E-state index contributed by atoms with van der Waals surface area (Å²) in [6, 6.07) is 5.09. The molecule has 5 heteroatoms. The molecule has 110 valence electrons. The van der Waals surface area contributed by atoms with Crippen LogP contribution < -0.4 is 11.1 Å². The molecule has 1 aromatic carbocycles. The summed E-state index contributed by atoms with van der Waals surface area (Å²) in [6.45, 7) is 5.20. The molecule has 2 rings (SSSR count). The van der Waals surface area contributed by atoms with Crippen molar-refractivity contribution >= 4 is 23.2 Å². The molecule has 1 fully saturated rings. The van der Waals surface area contributed by atoms with Gasteiger partial charge in [-0.3, -0.25) is 4.79 Å². The van der Waals surface area contributed by atoms with Crippen molar-refractivity contribution in [3.05, 3.63) is 28.8 Å². The maximum absolute atomic E-state index is 12.1. The Kier molecular flexibility index (Phi) is 5.26. The molecular formula is C15H22ClN3O. The van der Waals surface area contributed by atoms with Crippen LogP contribution in [0.1, 0.15) is 36.5 Å². The topological polar surface area (TPSA) is 58.4 Å². The van der Waals surface area contributed by atoms with Gasteiger partial charge >= 0.3 is 0 Å². The fourth-order valence-corrected chi connectivity index (χ4v) is 2.68. The normalized spacial score (nSPS) is 17.7. The number of amides is 1. The van der Waals surface area contributed by atoms with Crippen molar-refractivity contribution in [1.29, 1.82) is 0 Å². The second-order valence-corrected chi connectivity index (χ2v) is 5.88. The number of nitrogens with one attached hydrogen (secondary N) is 1. The number of carbonyl (C=O) groups excluding carboxylic acids is 1. The third kappa shape index (κ3) is 4.12. The quantitative estimate of drug-likeness (QED) is 0.839. The van der Waals surface area contributed by atoms with Crippen molar-refractivity contribution in [3.63, 3.8) is 0 Å². The lowest BCUT2D eigenvalue weighted by molar-refractivity contribution is 0.0925. The van der Waals surface area contributed by atoms with Crippen LogP contribution in [0.25, 0.3) is 0 Å². The Hall–Kier alpha value is -1.26. The van der Waals surface area contributed by atoms with Crippen molar-refractivity contribution in [2.24, 2.45) is 0 Å². The van der Waals surface area contributed by atoms with Gasteiger partial charge in [-0.15, -0.1) is 0 Å². The van der Waals surface area contributed by atoms with Gasteiger partial charge in [0.25, 0.3) is 5.91 Å². The zero-order valence-corrected chi connectivity index (χ0v) is 12.6. The zero-order chi connectivity index (χ0) is 14.5. The summed E-state index contributed by atoms with van der Waals surface area (Å²) in [4.78, 5) is 14.5. The molecule has 0 bridgehead atoms. The lowest BCUT2D eigenvalue weighted by Gasteiger charge is -2.29. The van der Waals surface area contributed by atoms with Crippen LogP contribution in [0.5, 0.6) is 0 Å². The molecule has 1 atom stereocenters.